The van der Waals surface area contributed by atoms with E-state index in [2.05, 4.69) is 0 Å². The van der Waals surface area contributed by atoms with E-state index in [0.29, 0.717) is 24.5 Å². The molecule has 7 heteroatoms. The first-order chi connectivity index (χ1) is 13.9. The molecule has 29 heavy (non-hydrogen) atoms. The molecule has 1 aliphatic rings. The van der Waals surface area contributed by atoms with Crippen molar-refractivity contribution < 1.29 is 34.0 Å². The maximum absolute atomic E-state index is 11.4. The van der Waals surface area contributed by atoms with E-state index < -0.39 is 0 Å². The van der Waals surface area contributed by atoms with E-state index in [0.717, 1.165) is 11.1 Å². The molecule has 2 aromatic rings. The number of benzene rings is 2. The quantitative estimate of drug-likeness (QED) is 0.687. The normalized spacial score (nSPS) is 21.0. The second-order valence-corrected chi connectivity index (χ2v) is 7.12. The number of esters is 1. The average molecular weight is 402 g/mol. The first-order valence-electron chi connectivity index (χ1n) is 9.40. The van der Waals surface area contributed by atoms with E-state index in [1.807, 2.05) is 6.07 Å². The Balaban J connectivity index is 1.84. The molecule has 0 radical (unpaired) electrons. The summed E-state index contributed by atoms with van der Waals surface area (Å²) in [5, 5.41) is 19.7. The van der Waals surface area contributed by atoms with Gasteiger partial charge in [0.05, 0.1) is 33.5 Å². The van der Waals surface area contributed by atoms with E-state index in [1.54, 1.807) is 30.3 Å². The molecule has 0 spiro atoms. The fourth-order valence-electron chi connectivity index (χ4n) is 3.74. The zero-order valence-electron chi connectivity index (χ0n) is 16.8. The van der Waals surface area contributed by atoms with Crippen LogP contribution in [0.25, 0.3) is 0 Å². The van der Waals surface area contributed by atoms with Gasteiger partial charge in [0, 0.05) is 12.8 Å². The molecule has 0 bridgehead atoms. The van der Waals surface area contributed by atoms with Crippen LogP contribution in [0.3, 0.4) is 0 Å². The lowest BCUT2D eigenvalue weighted by Crippen LogP contribution is -2.24. The molecule has 2 aromatic carbocycles. The smallest absolute Gasteiger partial charge is 0.302 e. The highest BCUT2D eigenvalue weighted by Crippen LogP contribution is 2.42. The molecular weight excluding hydrogens is 376 g/mol. The van der Waals surface area contributed by atoms with Crippen LogP contribution in [-0.2, 0) is 20.7 Å². The molecule has 7 nitrogen and oxygen atoms in total. The van der Waals surface area contributed by atoms with Gasteiger partial charge in [0.25, 0.3) is 0 Å². The van der Waals surface area contributed by atoms with Crippen molar-refractivity contribution in [2.45, 2.75) is 19.4 Å². The van der Waals surface area contributed by atoms with E-state index >= 15 is 0 Å². The Morgan fingerprint density at radius 1 is 1.07 bits per heavy atom. The summed E-state index contributed by atoms with van der Waals surface area (Å²) in [4.78, 5) is 11.4. The molecular formula is C22H26O7. The number of phenols is 2. The van der Waals surface area contributed by atoms with E-state index in [1.165, 1.54) is 21.1 Å². The second-order valence-electron chi connectivity index (χ2n) is 7.12. The third-order valence-electron chi connectivity index (χ3n) is 5.24. The van der Waals surface area contributed by atoms with Crippen LogP contribution < -0.4 is 9.47 Å². The van der Waals surface area contributed by atoms with Crippen molar-refractivity contribution in [2.24, 2.45) is 11.8 Å². The van der Waals surface area contributed by atoms with Gasteiger partial charge < -0.3 is 29.2 Å². The van der Waals surface area contributed by atoms with Gasteiger partial charge in [0.15, 0.2) is 23.0 Å². The number of hydrogen-bond donors (Lipinski definition) is 2. The highest BCUT2D eigenvalue weighted by molar-refractivity contribution is 5.65. The lowest BCUT2D eigenvalue weighted by molar-refractivity contribution is -0.143. The fourth-order valence-corrected chi connectivity index (χ4v) is 3.74. The van der Waals surface area contributed by atoms with Gasteiger partial charge in [-0.2, -0.15) is 0 Å². The number of hydrogen-bond acceptors (Lipinski definition) is 7. The van der Waals surface area contributed by atoms with Crippen LogP contribution >= 0.6 is 0 Å². The molecule has 156 valence electrons. The van der Waals surface area contributed by atoms with Gasteiger partial charge in [0.1, 0.15) is 0 Å². The van der Waals surface area contributed by atoms with Gasteiger partial charge >= 0.3 is 5.97 Å². The Morgan fingerprint density at radius 3 is 2.38 bits per heavy atom. The minimum Gasteiger partial charge on any atom is -0.504 e. The zero-order chi connectivity index (χ0) is 21.0. The molecule has 3 rings (SSSR count). The summed E-state index contributed by atoms with van der Waals surface area (Å²) in [6.07, 6.45) is 0.377. The van der Waals surface area contributed by atoms with Gasteiger partial charge in [-0.15, -0.1) is 0 Å². The van der Waals surface area contributed by atoms with Crippen LogP contribution in [0, 0.1) is 11.8 Å². The number of phenolic OH excluding ortho intramolecular Hbond substituents is 2. The molecule has 1 heterocycles. The van der Waals surface area contributed by atoms with Gasteiger partial charge in [0.2, 0.25) is 0 Å². The molecule has 0 saturated carbocycles. The van der Waals surface area contributed by atoms with Crippen molar-refractivity contribution >= 4 is 5.97 Å². The minimum absolute atomic E-state index is 0.0542. The molecule has 2 N–H and O–H groups in total. The highest BCUT2D eigenvalue weighted by Gasteiger charge is 2.39. The first kappa shape index (κ1) is 20.8. The molecule has 0 aliphatic carbocycles. The topological polar surface area (TPSA) is 94.5 Å². The zero-order valence-corrected chi connectivity index (χ0v) is 16.8. The summed E-state index contributed by atoms with van der Waals surface area (Å²) < 4.78 is 21.8. The molecule has 3 atom stereocenters. The standard InChI is InChI=1S/C22H26O7/c1-13(23)28-12-17-16(8-14-4-6-18(24)20(9-14)26-2)11-29-22(17)15-5-7-19(25)21(10-15)27-3/h4-7,9-10,16-17,22,24-25H,8,11-12H2,1-3H3/t16-,17-,22+/m0/s1. The Hall–Kier alpha value is -2.93. The van der Waals surface area contributed by atoms with Gasteiger partial charge in [-0.05, 0) is 47.7 Å². The fraction of sp³-hybridized carbons (Fsp3) is 0.409. The Morgan fingerprint density at radius 2 is 1.72 bits per heavy atom. The van der Waals surface area contributed by atoms with Crippen molar-refractivity contribution in [2.75, 3.05) is 27.4 Å². The molecule has 0 unspecified atom stereocenters. The predicted molar refractivity (Wildman–Crippen MR) is 105 cm³/mol. The van der Waals surface area contributed by atoms with Crippen LogP contribution in [0.15, 0.2) is 36.4 Å². The number of aromatic hydroxyl groups is 2. The SMILES string of the molecule is COc1cc(C[C@H]2CO[C@H](c3ccc(O)c(OC)c3)[C@H]2COC(C)=O)ccc1O. The van der Waals surface area contributed by atoms with Gasteiger partial charge in [-0.1, -0.05) is 12.1 Å². The van der Waals surface area contributed by atoms with Crippen LogP contribution in [0.4, 0.5) is 0 Å². The monoisotopic (exact) mass is 402 g/mol. The average Bonchev–Trinajstić information content (AvgIpc) is 3.10. The summed E-state index contributed by atoms with van der Waals surface area (Å²) in [6, 6.07) is 10.3. The predicted octanol–water partition coefficient (Wildman–Crippen LogP) is 3.22. The van der Waals surface area contributed by atoms with Crippen molar-refractivity contribution in [3.8, 4) is 23.0 Å². The van der Waals surface area contributed by atoms with E-state index in [-0.39, 0.29) is 42.0 Å². The van der Waals surface area contributed by atoms with Gasteiger partial charge in [-0.25, -0.2) is 0 Å². The number of methoxy groups -OCH3 is 2. The summed E-state index contributed by atoms with van der Waals surface area (Å²) >= 11 is 0. The van der Waals surface area contributed by atoms with Gasteiger partial charge in [-0.3, -0.25) is 4.79 Å². The minimum atomic E-state index is -0.344. The Bertz CT molecular complexity index is 864. The summed E-state index contributed by atoms with van der Waals surface area (Å²) in [6.45, 7) is 2.10. The number of carbonyl (C=O) groups excluding carboxylic acids is 1. The number of carbonyl (C=O) groups is 1. The summed E-state index contributed by atoms with van der Waals surface area (Å²) in [5.74, 6) is 0.593. The molecule has 1 saturated heterocycles. The van der Waals surface area contributed by atoms with E-state index in [9.17, 15) is 15.0 Å². The van der Waals surface area contributed by atoms with Crippen molar-refractivity contribution in [1.82, 2.24) is 0 Å². The summed E-state index contributed by atoms with van der Waals surface area (Å²) in [5.41, 5.74) is 1.84. The lowest BCUT2D eigenvalue weighted by atomic mass is 9.84. The second kappa shape index (κ2) is 9.05. The van der Waals surface area contributed by atoms with Crippen molar-refractivity contribution in [3.63, 3.8) is 0 Å². The lowest BCUT2D eigenvalue weighted by Gasteiger charge is -2.23. The first-order valence-corrected chi connectivity index (χ1v) is 9.40. The van der Waals surface area contributed by atoms with Crippen LogP contribution in [0.5, 0.6) is 23.0 Å². The maximum Gasteiger partial charge on any atom is 0.302 e. The van der Waals surface area contributed by atoms with Crippen molar-refractivity contribution in [1.29, 1.82) is 0 Å². The molecule has 1 aliphatic heterocycles. The molecule has 0 amide bonds. The highest BCUT2D eigenvalue weighted by atomic mass is 16.5. The van der Waals surface area contributed by atoms with Crippen LogP contribution in [0.1, 0.15) is 24.2 Å². The van der Waals surface area contributed by atoms with Crippen LogP contribution in [-0.4, -0.2) is 43.6 Å². The Kier molecular flexibility index (Phi) is 6.49. The Labute approximate surface area is 169 Å². The largest absolute Gasteiger partial charge is 0.504 e. The molecule has 0 aromatic heterocycles. The number of rotatable bonds is 7. The van der Waals surface area contributed by atoms with Crippen molar-refractivity contribution in [3.05, 3.63) is 47.5 Å². The van der Waals surface area contributed by atoms with E-state index in [4.69, 9.17) is 18.9 Å². The maximum atomic E-state index is 11.4. The molecule has 1 fully saturated rings. The summed E-state index contributed by atoms with van der Waals surface area (Å²) in [7, 11) is 3.00. The van der Waals surface area contributed by atoms with Crippen LogP contribution in [0.2, 0.25) is 0 Å². The number of ether oxygens (including phenoxy) is 4. The third kappa shape index (κ3) is 4.74. The third-order valence-corrected chi connectivity index (χ3v) is 5.24.